The van der Waals surface area contributed by atoms with Crippen molar-refractivity contribution in [1.29, 1.82) is 0 Å². The number of alkyl halides is 1. The van der Waals surface area contributed by atoms with Gasteiger partial charge < -0.3 is 4.74 Å². The predicted octanol–water partition coefficient (Wildman–Crippen LogP) is 3.43. The van der Waals surface area contributed by atoms with Crippen molar-refractivity contribution in [1.82, 2.24) is 5.32 Å². The molecule has 0 bridgehead atoms. The summed E-state index contributed by atoms with van der Waals surface area (Å²) in [4.78, 5) is 11.8. The summed E-state index contributed by atoms with van der Waals surface area (Å²) in [5, 5.41) is 3.95. The van der Waals surface area contributed by atoms with Gasteiger partial charge in [-0.15, -0.1) is 6.42 Å². The summed E-state index contributed by atoms with van der Waals surface area (Å²) < 4.78 is 5.46. The van der Waals surface area contributed by atoms with Gasteiger partial charge in [0, 0.05) is 16.9 Å². The van der Waals surface area contributed by atoms with Crippen LogP contribution in [-0.2, 0) is 10.1 Å². The first-order chi connectivity index (χ1) is 9.49. The molecule has 0 heterocycles. The Morgan fingerprint density at radius 1 is 1.45 bits per heavy atom. The molecular formula is C16H20BrNO2. The number of benzene rings is 1. The van der Waals surface area contributed by atoms with Crippen LogP contribution in [0.25, 0.3) is 0 Å². The first-order valence-corrected chi connectivity index (χ1v) is 7.69. The Bertz CT molecular complexity index is 506. The minimum absolute atomic E-state index is 0.0139. The highest BCUT2D eigenvalue weighted by Crippen LogP contribution is 2.28. The standard InChI is InChI=1S/C16H20BrNO2/c1-5-8-18-12(4)14-9-13(10-17)6-7-15(14)20-16(19)11(2)3/h1,6-7,9,11-12,18H,8,10H2,2-4H3. The van der Waals surface area contributed by atoms with Crippen LogP contribution < -0.4 is 10.1 Å². The molecule has 1 aromatic rings. The molecule has 0 aliphatic rings. The van der Waals surface area contributed by atoms with Crippen LogP contribution in [0.5, 0.6) is 5.75 Å². The van der Waals surface area contributed by atoms with Crippen molar-refractivity contribution in [2.45, 2.75) is 32.1 Å². The Morgan fingerprint density at radius 3 is 2.70 bits per heavy atom. The molecule has 4 heteroatoms. The SMILES string of the molecule is C#CCNC(C)c1cc(CBr)ccc1OC(=O)C(C)C. The van der Waals surface area contributed by atoms with Crippen LogP contribution >= 0.6 is 15.9 Å². The quantitative estimate of drug-likeness (QED) is 0.374. The molecule has 0 aromatic heterocycles. The zero-order valence-corrected chi connectivity index (χ0v) is 13.7. The number of ether oxygens (including phenoxy) is 1. The van der Waals surface area contributed by atoms with Crippen molar-refractivity contribution < 1.29 is 9.53 Å². The molecule has 0 amide bonds. The molecule has 0 radical (unpaired) electrons. The maximum Gasteiger partial charge on any atom is 0.313 e. The van der Waals surface area contributed by atoms with E-state index in [0.29, 0.717) is 12.3 Å². The average molecular weight is 338 g/mol. The van der Waals surface area contributed by atoms with E-state index in [1.165, 1.54) is 0 Å². The number of carbonyl (C=O) groups is 1. The molecule has 0 fully saturated rings. The van der Waals surface area contributed by atoms with E-state index >= 15 is 0 Å². The molecule has 0 aliphatic carbocycles. The number of hydrogen-bond acceptors (Lipinski definition) is 3. The Morgan fingerprint density at radius 2 is 2.15 bits per heavy atom. The lowest BCUT2D eigenvalue weighted by molar-refractivity contribution is -0.137. The van der Waals surface area contributed by atoms with Gasteiger partial charge in [0.15, 0.2) is 0 Å². The summed E-state index contributed by atoms with van der Waals surface area (Å²) in [6, 6.07) is 5.81. The number of rotatable bonds is 6. The van der Waals surface area contributed by atoms with Gasteiger partial charge in [-0.1, -0.05) is 41.8 Å². The highest BCUT2D eigenvalue weighted by atomic mass is 79.9. The van der Waals surface area contributed by atoms with E-state index in [-0.39, 0.29) is 17.9 Å². The maximum absolute atomic E-state index is 11.8. The van der Waals surface area contributed by atoms with Crippen LogP contribution in [0.15, 0.2) is 18.2 Å². The summed E-state index contributed by atoms with van der Waals surface area (Å²) in [5.41, 5.74) is 2.06. The van der Waals surface area contributed by atoms with Gasteiger partial charge in [0.25, 0.3) is 0 Å². The molecule has 20 heavy (non-hydrogen) atoms. The van der Waals surface area contributed by atoms with Crippen LogP contribution in [0, 0.1) is 18.3 Å². The fourth-order valence-electron chi connectivity index (χ4n) is 1.66. The Hall–Kier alpha value is -1.31. The van der Waals surface area contributed by atoms with E-state index in [1.807, 2.05) is 39.0 Å². The van der Waals surface area contributed by atoms with Gasteiger partial charge in [0.2, 0.25) is 0 Å². The second-order valence-corrected chi connectivity index (χ2v) is 5.45. The second kappa shape index (κ2) is 8.08. The van der Waals surface area contributed by atoms with Gasteiger partial charge in [-0.3, -0.25) is 10.1 Å². The third-order valence-electron chi connectivity index (χ3n) is 2.89. The Kier molecular flexibility index (Phi) is 6.77. The number of carbonyl (C=O) groups excluding carboxylic acids is 1. The third-order valence-corrected chi connectivity index (χ3v) is 3.53. The van der Waals surface area contributed by atoms with Gasteiger partial charge in [-0.2, -0.15) is 0 Å². The lowest BCUT2D eigenvalue weighted by atomic mass is 10.0. The van der Waals surface area contributed by atoms with Gasteiger partial charge in [-0.25, -0.2) is 0 Å². The topological polar surface area (TPSA) is 38.3 Å². The molecule has 108 valence electrons. The number of terminal acetylenes is 1. The van der Waals surface area contributed by atoms with Crippen molar-refractivity contribution in [2.24, 2.45) is 5.92 Å². The van der Waals surface area contributed by atoms with Crippen LogP contribution in [0.1, 0.15) is 37.9 Å². The Balaban J connectivity index is 3.03. The molecule has 1 rings (SSSR count). The van der Waals surface area contributed by atoms with Crippen molar-refractivity contribution in [3.8, 4) is 18.1 Å². The molecule has 0 saturated carbocycles. The Labute approximate surface area is 129 Å². The molecule has 1 N–H and O–H groups in total. The van der Waals surface area contributed by atoms with Crippen molar-refractivity contribution in [3.05, 3.63) is 29.3 Å². The molecule has 3 nitrogen and oxygen atoms in total. The fraction of sp³-hybridized carbons (Fsp3) is 0.438. The fourth-order valence-corrected chi connectivity index (χ4v) is 2.01. The van der Waals surface area contributed by atoms with Gasteiger partial charge >= 0.3 is 5.97 Å². The second-order valence-electron chi connectivity index (χ2n) is 4.89. The first kappa shape index (κ1) is 16.7. The van der Waals surface area contributed by atoms with Crippen molar-refractivity contribution in [3.63, 3.8) is 0 Å². The number of nitrogens with one attached hydrogen (secondary N) is 1. The number of hydrogen-bond donors (Lipinski definition) is 1. The van der Waals surface area contributed by atoms with Crippen molar-refractivity contribution in [2.75, 3.05) is 6.54 Å². The highest BCUT2D eigenvalue weighted by Gasteiger charge is 2.16. The monoisotopic (exact) mass is 337 g/mol. The van der Waals surface area contributed by atoms with E-state index in [9.17, 15) is 4.79 Å². The van der Waals surface area contributed by atoms with Gasteiger partial charge in [0.1, 0.15) is 5.75 Å². The first-order valence-electron chi connectivity index (χ1n) is 6.57. The summed E-state index contributed by atoms with van der Waals surface area (Å²) in [6.07, 6.45) is 5.26. The minimum Gasteiger partial charge on any atom is -0.426 e. The summed E-state index contributed by atoms with van der Waals surface area (Å²) in [7, 11) is 0. The van der Waals surface area contributed by atoms with Gasteiger partial charge in [-0.05, 0) is 24.6 Å². The summed E-state index contributed by atoms with van der Waals surface area (Å²) >= 11 is 3.43. The van der Waals surface area contributed by atoms with E-state index in [2.05, 4.69) is 27.2 Å². The van der Waals surface area contributed by atoms with Crippen LogP contribution in [0.3, 0.4) is 0 Å². The lowest BCUT2D eigenvalue weighted by Gasteiger charge is -2.18. The maximum atomic E-state index is 11.8. The van der Waals surface area contributed by atoms with E-state index < -0.39 is 0 Å². The van der Waals surface area contributed by atoms with E-state index in [1.54, 1.807) is 0 Å². The summed E-state index contributed by atoms with van der Waals surface area (Å²) in [6.45, 7) is 6.10. The van der Waals surface area contributed by atoms with E-state index in [0.717, 1.165) is 16.5 Å². The largest absolute Gasteiger partial charge is 0.426 e. The van der Waals surface area contributed by atoms with E-state index in [4.69, 9.17) is 11.2 Å². The third kappa shape index (κ3) is 4.66. The average Bonchev–Trinajstić information content (AvgIpc) is 2.44. The summed E-state index contributed by atoms with van der Waals surface area (Å²) in [5.74, 6) is 2.74. The molecule has 0 spiro atoms. The molecule has 1 aromatic carbocycles. The number of esters is 1. The molecule has 0 saturated heterocycles. The molecule has 1 unspecified atom stereocenters. The zero-order chi connectivity index (χ0) is 15.1. The lowest BCUT2D eigenvalue weighted by Crippen LogP contribution is -2.21. The molecule has 1 atom stereocenters. The van der Waals surface area contributed by atoms with Crippen molar-refractivity contribution >= 4 is 21.9 Å². The predicted molar refractivity (Wildman–Crippen MR) is 84.8 cm³/mol. The minimum atomic E-state index is -0.234. The molecular weight excluding hydrogens is 318 g/mol. The number of halogens is 1. The normalized spacial score (nSPS) is 12.0. The van der Waals surface area contributed by atoms with Gasteiger partial charge in [0.05, 0.1) is 12.5 Å². The zero-order valence-electron chi connectivity index (χ0n) is 12.1. The van der Waals surface area contributed by atoms with Crippen LogP contribution in [-0.4, -0.2) is 12.5 Å². The highest BCUT2D eigenvalue weighted by molar-refractivity contribution is 9.08. The van der Waals surface area contributed by atoms with Crippen LogP contribution in [0.4, 0.5) is 0 Å². The van der Waals surface area contributed by atoms with Crippen LogP contribution in [0.2, 0.25) is 0 Å². The smallest absolute Gasteiger partial charge is 0.313 e. The molecule has 0 aliphatic heterocycles.